The summed E-state index contributed by atoms with van der Waals surface area (Å²) in [6.45, 7) is 5.76. The van der Waals surface area contributed by atoms with E-state index in [1.807, 2.05) is 0 Å². The van der Waals surface area contributed by atoms with Gasteiger partial charge in [0.1, 0.15) is 22.7 Å². The summed E-state index contributed by atoms with van der Waals surface area (Å²) < 4.78 is 19.0. The molecule has 2 aromatic rings. The zero-order chi connectivity index (χ0) is 28.6. The molecule has 0 saturated carbocycles. The zero-order valence-electron chi connectivity index (χ0n) is 22.4. The lowest BCUT2D eigenvalue weighted by molar-refractivity contribution is -0.155. The summed E-state index contributed by atoms with van der Waals surface area (Å²) in [5, 5.41) is 7.37. The van der Waals surface area contributed by atoms with Crippen molar-refractivity contribution in [1.82, 2.24) is 16.0 Å². The van der Waals surface area contributed by atoms with E-state index in [9.17, 15) is 23.6 Å². The fourth-order valence-corrected chi connectivity index (χ4v) is 4.59. The van der Waals surface area contributed by atoms with Crippen LogP contribution in [0.1, 0.15) is 56.0 Å². The highest BCUT2D eigenvalue weighted by molar-refractivity contribution is 7.81. The van der Waals surface area contributed by atoms with Crippen molar-refractivity contribution >= 4 is 36.3 Å². The molecule has 8 nitrogen and oxygen atoms in total. The number of esters is 1. The number of hydrogen-bond donors (Lipinski definition) is 4. The number of carbonyl (C=O) groups is 4. The summed E-state index contributed by atoms with van der Waals surface area (Å²) >= 11 is 4.49. The Balaban J connectivity index is 1.85. The van der Waals surface area contributed by atoms with Crippen LogP contribution in [-0.4, -0.2) is 53.2 Å². The van der Waals surface area contributed by atoms with Crippen LogP contribution in [-0.2, 0) is 25.5 Å². The lowest BCUT2D eigenvalue weighted by atomic mass is 9.90. The first-order valence-corrected chi connectivity index (χ1v) is 13.5. The largest absolute Gasteiger partial charge is 0.459 e. The maximum atomic E-state index is 13.6. The molecule has 1 saturated heterocycles. The van der Waals surface area contributed by atoms with Crippen LogP contribution < -0.4 is 16.0 Å². The number of benzene rings is 2. The highest BCUT2D eigenvalue weighted by Crippen LogP contribution is 2.23. The van der Waals surface area contributed by atoms with E-state index in [0.29, 0.717) is 24.1 Å². The predicted molar refractivity (Wildman–Crippen MR) is 149 cm³/mol. The molecule has 4 atom stereocenters. The number of piperidine rings is 1. The normalized spacial score (nSPS) is 17.8. The van der Waals surface area contributed by atoms with Crippen LogP contribution in [0.5, 0.6) is 0 Å². The Bertz CT molecular complexity index is 1150. The van der Waals surface area contributed by atoms with Gasteiger partial charge in [-0.05, 0) is 69.9 Å². The summed E-state index contributed by atoms with van der Waals surface area (Å²) in [4.78, 5) is 52.0. The van der Waals surface area contributed by atoms with Crippen molar-refractivity contribution in [2.75, 3.05) is 6.54 Å². The van der Waals surface area contributed by atoms with Gasteiger partial charge in [-0.3, -0.25) is 19.2 Å². The summed E-state index contributed by atoms with van der Waals surface area (Å²) in [6, 6.07) is 12.2. The van der Waals surface area contributed by atoms with Crippen LogP contribution in [0.3, 0.4) is 0 Å². The van der Waals surface area contributed by atoms with E-state index in [-0.39, 0.29) is 18.7 Å². The minimum absolute atomic E-state index is 0.0744. The molecule has 3 rings (SSSR count). The molecule has 2 aromatic carbocycles. The second-order valence-corrected chi connectivity index (χ2v) is 11.2. The topological polar surface area (TPSA) is 114 Å². The lowest BCUT2D eigenvalue weighted by Crippen LogP contribution is -2.55. The standard InChI is InChI=1S/C29H36FN3O5S/c1-29(2,3)38-28(37)24(39)22(17-20-10-7-15-31-25(20)34)32-27(36)23(16-18-11-13-21(30)14-12-18)33-26(35)19-8-5-4-6-9-19/h4-6,8-9,11-14,20,22-24,39H,7,10,15-17H2,1-3H3,(H,31,34)(H,32,36)(H,33,35)/t20-,22+,23-,24?/m0/s1. The minimum atomic E-state index is -1.06. The third kappa shape index (κ3) is 9.38. The quantitative estimate of drug-likeness (QED) is 0.265. The van der Waals surface area contributed by atoms with Gasteiger partial charge in [0, 0.05) is 24.4 Å². The highest BCUT2D eigenvalue weighted by Gasteiger charge is 2.36. The molecule has 210 valence electrons. The second kappa shape index (κ2) is 13.6. The zero-order valence-corrected chi connectivity index (χ0v) is 23.3. The first-order valence-electron chi connectivity index (χ1n) is 13.0. The minimum Gasteiger partial charge on any atom is -0.459 e. The lowest BCUT2D eigenvalue weighted by Gasteiger charge is -2.32. The van der Waals surface area contributed by atoms with Gasteiger partial charge in [0.2, 0.25) is 11.8 Å². The Morgan fingerprint density at radius 2 is 1.74 bits per heavy atom. The molecule has 0 spiro atoms. The number of thiol groups is 1. The van der Waals surface area contributed by atoms with Crippen molar-refractivity contribution in [2.45, 2.75) is 69.4 Å². The molecule has 1 fully saturated rings. The van der Waals surface area contributed by atoms with Crippen LogP contribution in [0.15, 0.2) is 54.6 Å². The third-order valence-corrected chi connectivity index (χ3v) is 6.88. The molecule has 0 aromatic heterocycles. The molecule has 0 radical (unpaired) electrons. The van der Waals surface area contributed by atoms with Crippen molar-refractivity contribution in [2.24, 2.45) is 5.92 Å². The summed E-state index contributed by atoms with van der Waals surface area (Å²) in [6.07, 6.45) is 1.63. The molecule has 39 heavy (non-hydrogen) atoms. The molecule has 0 aliphatic carbocycles. The Labute approximate surface area is 233 Å². The van der Waals surface area contributed by atoms with Gasteiger partial charge in [0.25, 0.3) is 5.91 Å². The number of ether oxygens (including phenoxy) is 1. The van der Waals surface area contributed by atoms with Crippen LogP contribution in [0, 0.1) is 11.7 Å². The van der Waals surface area contributed by atoms with Crippen LogP contribution in [0.2, 0.25) is 0 Å². The summed E-state index contributed by atoms with van der Waals surface area (Å²) in [5.74, 6) is -2.64. The molecule has 1 heterocycles. The number of carbonyl (C=O) groups excluding carboxylic acids is 4. The first-order chi connectivity index (χ1) is 18.4. The number of nitrogens with one attached hydrogen (secondary N) is 3. The SMILES string of the molecule is CC(C)(C)OC(=O)C(S)[C@@H](C[C@@H]1CCCNC1=O)NC(=O)[C@H](Cc1ccc(F)cc1)NC(=O)c1ccccc1. The molecule has 1 aliphatic rings. The van der Waals surface area contributed by atoms with E-state index < -0.39 is 52.5 Å². The Kier molecular flexibility index (Phi) is 10.5. The number of halogens is 1. The van der Waals surface area contributed by atoms with E-state index in [1.165, 1.54) is 24.3 Å². The van der Waals surface area contributed by atoms with Crippen molar-refractivity contribution in [3.63, 3.8) is 0 Å². The smallest absolute Gasteiger partial charge is 0.321 e. The fourth-order valence-electron chi connectivity index (χ4n) is 4.34. The number of rotatable bonds is 10. The van der Waals surface area contributed by atoms with Gasteiger partial charge in [-0.2, -0.15) is 12.6 Å². The van der Waals surface area contributed by atoms with Crippen molar-refractivity contribution < 1.29 is 28.3 Å². The average Bonchev–Trinajstić information content (AvgIpc) is 2.89. The van der Waals surface area contributed by atoms with E-state index in [1.54, 1.807) is 51.1 Å². The molecular weight excluding hydrogens is 521 g/mol. The Morgan fingerprint density at radius 1 is 1.08 bits per heavy atom. The van der Waals surface area contributed by atoms with E-state index in [2.05, 4.69) is 28.6 Å². The summed E-state index contributed by atoms with van der Waals surface area (Å²) in [5.41, 5.74) is 0.220. The number of amides is 3. The molecular formula is C29H36FN3O5S. The van der Waals surface area contributed by atoms with Gasteiger partial charge in [-0.1, -0.05) is 30.3 Å². The maximum absolute atomic E-state index is 13.6. The molecule has 10 heteroatoms. The van der Waals surface area contributed by atoms with Gasteiger partial charge in [0.05, 0.1) is 6.04 Å². The van der Waals surface area contributed by atoms with Crippen LogP contribution in [0.25, 0.3) is 0 Å². The van der Waals surface area contributed by atoms with Gasteiger partial charge in [-0.15, -0.1) is 0 Å². The van der Waals surface area contributed by atoms with Gasteiger partial charge in [0.15, 0.2) is 0 Å². The summed E-state index contributed by atoms with van der Waals surface area (Å²) in [7, 11) is 0. The number of hydrogen-bond acceptors (Lipinski definition) is 6. The van der Waals surface area contributed by atoms with Crippen molar-refractivity contribution in [1.29, 1.82) is 0 Å². The Morgan fingerprint density at radius 3 is 2.36 bits per heavy atom. The average molecular weight is 558 g/mol. The molecule has 1 unspecified atom stereocenters. The van der Waals surface area contributed by atoms with Gasteiger partial charge >= 0.3 is 5.97 Å². The molecule has 3 amide bonds. The molecule has 3 N–H and O–H groups in total. The molecule has 0 bridgehead atoms. The predicted octanol–water partition coefficient (Wildman–Crippen LogP) is 3.21. The first kappa shape index (κ1) is 30.1. The molecule has 1 aliphatic heterocycles. The van der Waals surface area contributed by atoms with Crippen LogP contribution >= 0.6 is 12.6 Å². The van der Waals surface area contributed by atoms with Crippen molar-refractivity contribution in [3.05, 3.63) is 71.5 Å². The highest BCUT2D eigenvalue weighted by atomic mass is 32.1. The maximum Gasteiger partial charge on any atom is 0.321 e. The van der Waals surface area contributed by atoms with E-state index in [0.717, 1.165) is 6.42 Å². The van der Waals surface area contributed by atoms with E-state index in [4.69, 9.17) is 4.74 Å². The van der Waals surface area contributed by atoms with Crippen LogP contribution in [0.4, 0.5) is 4.39 Å². The monoisotopic (exact) mass is 557 g/mol. The van der Waals surface area contributed by atoms with E-state index >= 15 is 0 Å². The van der Waals surface area contributed by atoms with Gasteiger partial charge < -0.3 is 20.7 Å². The van der Waals surface area contributed by atoms with Gasteiger partial charge in [-0.25, -0.2) is 4.39 Å². The Hall–Kier alpha value is -3.40. The third-order valence-electron chi connectivity index (χ3n) is 6.31. The van der Waals surface area contributed by atoms with Crippen molar-refractivity contribution in [3.8, 4) is 0 Å². The second-order valence-electron chi connectivity index (χ2n) is 10.7. The fraction of sp³-hybridized carbons (Fsp3) is 0.448.